The Morgan fingerprint density at radius 3 is 2.68 bits per heavy atom. The number of hydrogen-bond acceptors (Lipinski definition) is 4. The molecule has 2 saturated heterocycles. The lowest BCUT2D eigenvalue weighted by atomic mass is 9.54. The molecule has 1 aromatic carbocycles. The fourth-order valence-corrected chi connectivity index (χ4v) is 6.42. The number of piperidine rings is 1. The monoisotopic (exact) mass is 380 g/mol. The van der Waals surface area contributed by atoms with Crippen LogP contribution in [0.15, 0.2) is 18.2 Å². The van der Waals surface area contributed by atoms with Gasteiger partial charge in [-0.2, -0.15) is 5.26 Å². The zero-order valence-corrected chi connectivity index (χ0v) is 17.2. The topological polar surface area (TPSA) is 45.5 Å². The summed E-state index contributed by atoms with van der Waals surface area (Å²) in [7, 11) is 0. The highest BCUT2D eigenvalue weighted by molar-refractivity contribution is 5.43. The number of aryl methyl sites for hydroxylation is 1. The average molecular weight is 381 g/mol. The quantitative estimate of drug-likeness (QED) is 0.790. The molecule has 0 amide bonds. The van der Waals surface area contributed by atoms with Gasteiger partial charge in [-0.15, -0.1) is 0 Å². The van der Waals surface area contributed by atoms with Gasteiger partial charge in [-0.25, -0.2) is 0 Å². The molecule has 4 heteroatoms. The van der Waals surface area contributed by atoms with Gasteiger partial charge in [0.1, 0.15) is 0 Å². The van der Waals surface area contributed by atoms with E-state index < -0.39 is 5.79 Å². The van der Waals surface area contributed by atoms with Gasteiger partial charge in [-0.1, -0.05) is 6.07 Å². The zero-order chi connectivity index (χ0) is 19.4. The van der Waals surface area contributed by atoms with Gasteiger partial charge in [0.2, 0.25) is 0 Å². The van der Waals surface area contributed by atoms with Crippen molar-refractivity contribution < 1.29 is 9.47 Å². The molecular formula is C24H32N2O2. The normalized spacial score (nSPS) is 34.9. The second kappa shape index (κ2) is 6.83. The standard InChI is InChI=1S/C24H32N2O2/c1-17-3-4-20(14-25)13-22(17)23-9-10-26(15-19-5-6-19)18(2)21(23)7-8-24(16-23)27-11-12-28-24/h3-4,13,18-19,21H,5-12,15-16H2,1-2H3/t18-,21+,23+/m1/s1. The third kappa shape index (κ3) is 3.00. The summed E-state index contributed by atoms with van der Waals surface area (Å²) in [6.07, 6.45) is 7.03. The zero-order valence-electron chi connectivity index (χ0n) is 17.2. The molecule has 5 rings (SSSR count). The van der Waals surface area contributed by atoms with Crippen molar-refractivity contribution in [3.8, 4) is 6.07 Å². The SMILES string of the molecule is Cc1ccc(C#N)cc1[C@]12CCN(CC3CC3)[C@H](C)[C@@H]1CCC1(C2)OCCO1. The number of fused-ring (bicyclic) bond motifs is 1. The molecule has 1 aromatic rings. The number of nitriles is 1. The summed E-state index contributed by atoms with van der Waals surface area (Å²) >= 11 is 0. The van der Waals surface area contributed by atoms with Crippen molar-refractivity contribution >= 4 is 0 Å². The molecule has 2 aliphatic heterocycles. The van der Waals surface area contributed by atoms with Crippen LogP contribution in [0.25, 0.3) is 0 Å². The van der Waals surface area contributed by atoms with E-state index in [-0.39, 0.29) is 5.41 Å². The first-order valence-corrected chi connectivity index (χ1v) is 11.1. The Kier molecular flexibility index (Phi) is 4.54. The molecule has 0 aromatic heterocycles. The van der Waals surface area contributed by atoms with Gasteiger partial charge < -0.3 is 14.4 Å². The lowest BCUT2D eigenvalue weighted by Gasteiger charge is -2.58. The largest absolute Gasteiger partial charge is 0.348 e. The van der Waals surface area contributed by atoms with Crippen molar-refractivity contribution in [1.82, 2.24) is 4.90 Å². The van der Waals surface area contributed by atoms with Crippen LogP contribution in [0.5, 0.6) is 0 Å². The Bertz CT molecular complexity index is 790. The molecule has 28 heavy (non-hydrogen) atoms. The Morgan fingerprint density at radius 1 is 1.18 bits per heavy atom. The van der Waals surface area contributed by atoms with E-state index in [2.05, 4.69) is 36.9 Å². The van der Waals surface area contributed by atoms with E-state index in [0.29, 0.717) is 25.2 Å². The van der Waals surface area contributed by atoms with E-state index >= 15 is 0 Å². The summed E-state index contributed by atoms with van der Waals surface area (Å²) in [5, 5.41) is 9.54. The van der Waals surface area contributed by atoms with Gasteiger partial charge in [0, 0.05) is 30.8 Å². The Morgan fingerprint density at radius 2 is 1.96 bits per heavy atom. The van der Waals surface area contributed by atoms with Crippen LogP contribution >= 0.6 is 0 Å². The smallest absolute Gasteiger partial charge is 0.169 e. The van der Waals surface area contributed by atoms with E-state index in [1.807, 2.05) is 6.07 Å². The average Bonchev–Trinajstić information content (AvgIpc) is 3.42. The summed E-state index contributed by atoms with van der Waals surface area (Å²) in [6, 6.07) is 9.20. The first-order chi connectivity index (χ1) is 13.6. The number of nitrogens with zero attached hydrogens (tertiary/aromatic N) is 2. The summed E-state index contributed by atoms with van der Waals surface area (Å²) in [5.74, 6) is 1.10. The number of rotatable bonds is 3. The maximum absolute atomic E-state index is 9.54. The van der Waals surface area contributed by atoms with Crippen molar-refractivity contribution in [2.45, 2.75) is 69.6 Å². The summed E-state index contributed by atoms with van der Waals surface area (Å²) in [4.78, 5) is 2.75. The third-order valence-electron chi connectivity index (χ3n) is 8.04. The number of ether oxygens (including phenoxy) is 2. The van der Waals surface area contributed by atoms with Gasteiger partial charge in [0.05, 0.1) is 24.8 Å². The predicted molar refractivity (Wildman–Crippen MR) is 108 cm³/mol. The van der Waals surface area contributed by atoms with Gasteiger partial charge in [0.25, 0.3) is 0 Å². The summed E-state index contributed by atoms with van der Waals surface area (Å²) < 4.78 is 12.4. The second-order valence-electron chi connectivity index (χ2n) is 9.66. The molecule has 0 bridgehead atoms. The van der Waals surface area contributed by atoms with Crippen LogP contribution in [0.1, 0.15) is 62.1 Å². The number of benzene rings is 1. The molecule has 2 aliphatic carbocycles. The van der Waals surface area contributed by atoms with E-state index in [4.69, 9.17) is 9.47 Å². The molecule has 4 nitrogen and oxygen atoms in total. The van der Waals surface area contributed by atoms with Crippen molar-refractivity contribution in [2.75, 3.05) is 26.3 Å². The molecule has 0 radical (unpaired) electrons. The number of hydrogen-bond donors (Lipinski definition) is 0. The van der Waals surface area contributed by atoms with Crippen LogP contribution in [-0.2, 0) is 14.9 Å². The lowest BCUT2D eigenvalue weighted by Crippen LogP contribution is -2.61. The van der Waals surface area contributed by atoms with Crippen molar-refractivity contribution in [1.29, 1.82) is 5.26 Å². The third-order valence-corrected chi connectivity index (χ3v) is 8.04. The van der Waals surface area contributed by atoms with E-state index in [0.717, 1.165) is 43.7 Å². The van der Waals surface area contributed by atoms with Crippen LogP contribution in [-0.4, -0.2) is 43.0 Å². The predicted octanol–water partition coefficient (Wildman–Crippen LogP) is 4.15. The molecule has 1 spiro atoms. The maximum atomic E-state index is 9.54. The molecule has 0 unspecified atom stereocenters. The van der Waals surface area contributed by atoms with Crippen LogP contribution in [0.3, 0.4) is 0 Å². The highest BCUT2D eigenvalue weighted by Gasteiger charge is 2.57. The molecule has 2 heterocycles. The highest BCUT2D eigenvalue weighted by atomic mass is 16.7. The van der Waals surface area contributed by atoms with Crippen molar-refractivity contribution in [2.24, 2.45) is 11.8 Å². The Labute approximate surface area is 168 Å². The molecular weight excluding hydrogens is 348 g/mol. The summed E-state index contributed by atoms with van der Waals surface area (Å²) in [6.45, 7) is 8.48. The van der Waals surface area contributed by atoms with Gasteiger partial charge in [-0.05, 0) is 81.2 Å². The van der Waals surface area contributed by atoms with E-state index in [1.54, 1.807) is 0 Å². The van der Waals surface area contributed by atoms with Gasteiger partial charge in [-0.3, -0.25) is 0 Å². The van der Waals surface area contributed by atoms with Crippen LogP contribution in [0.4, 0.5) is 0 Å². The molecule has 0 N–H and O–H groups in total. The van der Waals surface area contributed by atoms with Crippen molar-refractivity contribution in [3.63, 3.8) is 0 Å². The van der Waals surface area contributed by atoms with Gasteiger partial charge >= 0.3 is 0 Å². The molecule has 4 aliphatic rings. The highest BCUT2D eigenvalue weighted by Crippen LogP contribution is 2.57. The van der Waals surface area contributed by atoms with Crippen LogP contribution in [0.2, 0.25) is 0 Å². The Hall–Kier alpha value is -1.41. The van der Waals surface area contributed by atoms with E-state index in [9.17, 15) is 5.26 Å². The number of likely N-dealkylation sites (tertiary alicyclic amines) is 1. The molecule has 4 fully saturated rings. The Balaban J connectivity index is 1.56. The van der Waals surface area contributed by atoms with Crippen LogP contribution in [0, 0.1) is 30.1 Å². The fraction of sp³-hybridized carbons (Fsp3) is 0.708. The minimum Gasteiger partial charge on any atom is -0.348 e. The maximum Gasteiger partial charge on any atom is 0.169 e. The first kappa shape index (κ1) is 18.6. The van der Waals surface area contributed by atoms with Gasteiger partial charge in [0.15, 0.2) is 5.79 Å². The molecule has 2 saturated carbocycles. The van der Waals surface area contributed by atoms with Crippen molar-refractivity contribution in [3.05, 3.63) is 34.9 Å². The fourth-order valence-electron chi connectivity index (χ4n) is 6.42. The summed E-state index contributed by atoms with van der Waals surface area (Å²) in [5.41, 5.74) is 3.49. The minimum atomic E-state index is -0.413. The first-order valence-electron chi connectivity index (χ1n) is 11.1. The molecule has 3 atom stereocenters. The minimum absolute atomic E-state index is 0.0407. The second-order valence-corrected chi connectivity index (χ2v) is 9.66. The molecule has 150 valence electrons. The van der Waals surface area contributed by atoms with E-state index in [1.165, 1.54) is 30.5 Å². The van der Waals surface area contributed by atoms with Crippen LogP contribution < -0.4 is 0 Å². The lowest BCUT2D eigenvalue weighted by molar-refractivity contribution is -0.211.